The van der Waals surface area contributed by atoms with E-state index in [1.807, 2.05) is 19.9 Å². The number of carbonyl (C=O) groups excluding carboxylic acids is 3. The van der Waals surface area contributed by atoms with Gasteiger partial charge in [0.05, 0.1) is 6.54 Å². The lowest BCUT2D eigenvalue weighted by Crippen LogP contribution is -2.30. The summed E-state index contributed by atoms with van der Waals surface area (Å²) in [5, 5.41) is 8.75. The van der Waals surface area contributed by atoms with Crippen molar-refractivity contribution in [3.8, 4) is 0 Å². The van der Waals surface area contributed by atoms with Crippen LogP contribution in [0.3, 0.4) is 0 Å². The second kappa shape index (κ2) is 13.1. The molecule has 0 atom stereocenters. The van der Waals surface area contributed by atoms with E-state index in [0.717, 1.165) is 19.3 Å². The maximum Gasteiger partial charge on any atom is 0.253 e. The van der Waals surface area contributed by atoms with Crippen LogP contribution in [0.2, 0.25) is 0 Å². The average molecular weight is 439 g/mol. The molecule has 7 heteroatoms. The van der Waals surface area contributed by atoms with Crippen molar-refractivity contribution in [2.24, 2.45) is 0 Å². The van der Waals surface area contributed by atoms with Gasteiger partial charge in [0.15, 0.2) is 0 Å². The van der Waals surface area contributed by atoms with Crippen LogP contribution in [-0.2, 0) is 9.59 Å². The summed E-state index contributed by atoms with van der Waals surface area (Å²) in [5.74, 6) is -0.281. The number of benzene rings is 2. The first-order valence-corrected chi connectivity index (χ1v) is 11.3. The lowest BCUT2D eigenvalue weighted by molar-refractivity contribution is -0.116. The number of amides is 3. The summed E-state index contributed by atoms with van der Waals surface area (Å²) in [4.78, 5) is 38.6. The van der Waals surface area contributed by atoms with Gasteiger partial charge in [-0.15, -0.1) is 0 Å². The van der Waals surface area contributed by atoms with Gasteiger partial charge < -0.3 is 20.9 Å². The number of nitrogens with one attached hydrogen (secondary N) is 3. The third-order valence-electron chi connectivity index (χ3n) is 5.05. The molecule has 0 aliphatic carbocycles. The van der Waals surface area contributed by atoms with Gasteiger partial charge in [-0.3, -0.25) is 14.4 Å². The molecule has 2 aromatic carbocycles. The van der Waals surface area contributed by atoms with E-state index in [4.69, 9.17) is 0 Å². The van der Waals surface area contributed by atoms with E-state index in [1.165, 1.54) is 0 Å². The highest BCUT2D eigenvalue weighted by Crippen LogP contribution is 2.16. The quantitative estimate of drug-likeness (QED) is 0.418. The van der Waals surface area contributed by atoms with E-state index >= 15 is 0 Å². The number of unbranched alkanes of at least 4 members (excludes halogenated alkanes) is 2. The number of hydrogen-bond acceptors (Lipinski definition) is 4. The third-order valence-corrected chi connectivity index (χ3v) is 5.05. The van der Waals surface area contributed by atoms with Crippen LogP contribution in [0.1, 0.15) is 56.8 Å². The molecule has 172 valence electrons. The fourth-order valence-electron chi connectivity index (χ4n) is 3.28. The van der Waals surface area contributed by atoms with Crippen LogP contribution in [0.15, 0.2) is 48.5 Å². The Labute approximate surface area is 190 Å². The fraction of sp³-hybridized carbons (Fsp3) is 0.400. The molecular formula is C25H34N4O3. The van der Waals surface area contributed by atoms with Gasteiger partial charge in [0.1, 0.15) is 0 Å². The molecule has 2 rings (SSSR count). The Morgan fingerprint density at radius 1 is 0.781 bits per heavy atom. The maximum atomic E-state index is 12.5. The summed E-state index contributed by atoms with van der Waals surface area (Å²) in [5.41, 5.74) is 2.54. The minimum atomic E-state index is -0.225. The van der Waals surface area contributed by atoms with Crippen molar-refractivity contribution >= 4 is 34.8 Å². The van der Waals surface area contributed by atoms with Crippen LogP contribution in [0.25, 0.3) is 0 Å². The lowest BCUT2D eigenvalue weighted by atomic mass is 10.1. The molecule has 0 fully saturated rings. The Morgan fingerprint density at radius 3 is 2.06 bits per heavy atom. The Kier molecular flexibility index (Phi) is 10.2. The van der Waals surface area contributed by atoms with Gasteiger partial charge in [0.25, 0.3) is 5.91 Å². The van der Waals surface area contributed by atoms with Crippen LogP contribution in [0.5, 0.6) is 0 Å². The number of carbonyl (C=O) groups is 3. The summed E-state index contributed by atoms with van der Waals surface area (Å²) in [7, 11) is 0. The zero-order valence-electron chi connectivity index (χ0n) is 19.2. The monoisotopic (exact) mass is 438 g/mol. The smallest absolute Gasteiger partial charge is 0.253 e. The minimum Gasteiger partial charge on any atom is -0.376 e. The van der Waals surface area contributed by atoms with Crippen LogP contribution in [0.4, 0.5) is 17.1 Å². The molecule has 0 saturated carbocycles. The maximum absolute atomic E-state index is 12.5. The topological polar surface area (TPSA) is 90.5 Å². The molecule has 0 unspecified atom stereocenters. The highest BCUT2D eigenvalue weighted by Gasteiger charge is 2.13. The van der Waals surface area contributed by atoms with Crippen molar-refractivity contribution in [2.75, 3.05) is 35.6 Å². The van der Waals surface area contributed by atoms with Gasteiger partial charge in [-0.05, 0) is 56.7 Å². The number of nitrogens with zero attached hydrogens (tertiary/aromatic N) is 1. The molecular weight excluding hydrogens is 404 g/mol. The lowest BCUT2D eigenvalue weighted by Gasteiger charge is -2.19. The molecule has 0 aromatic heterocycles. The normalized spacial score (nSPS) is 10.3. The number of hydrogen-bond donors (Lipinski definition) is 3. The van der Waals surface area contributed by atoms with Gasteiger partial charge >= 0.3 is 0 Å². The molecule has 0 aliphatic rings. The van der Waals surface area contributed by atoms with Crippen molar-refractivity contribution in [3.05, 3.63) is 54.1 Å². The van der Waals surface area contributed by atoms with Gasteiger partial charge in [-0.25, -0.2) is 0 Å². The van der Waals surface area contributed by atoms with E-state index in [2.05, 4.69) is 22.9 Å². The van der Waals surface area contributed by atoms with Crippen LogP contribution >= 0.6 is 0 Å². The fourth-order valence-corrected chi connectivity index (χ4v) is 3.28. The largest absolute Gasteiger partial charge is 0.376 e. The minimum absolute atomic E-state index is 0.0252. The Balaban J connectivity index is 1.89. The molecule has 3 N–H and O–H groups in total. The molecule has 0 spiro atoms. The van der Waals surface area contributed by atoms with Gasteiger partial charge in [-0.2, -0.15) is 0 Å². The summed E-state index contributed by atoms with van der Waals surface area (Å²) in [6, 6.07) is 14.2. The second-order valence-corrected chi connectivity index (χ2v) is 7.55. The average Bonchev–Trinajstić information content (AvgIpc) is 2.79. The van der Waals surface area contributed by atoms with Gasteiger partial charge in [-0.1, -0.05) is 31.9 Å². The second-order valence-electron chi connectivity index (χ2n) is 7.55. The molecule has 7 nitrogen and oxygen atoms in total. The highest BCUT2D eigenvalue weighted by molar-refractivity contribution is 5.97. The zero-order chi connectivity index (χ0) is 23.3. The predicted octanol–water partition coefficient (Wildman–Crippen LogP) is 4.74. The van der Waals surface area contributed by atoms with Crippen molar-refractivity contribution in [1.82, 2.24) is 4.90 Å². The molecule has 0 saturated heterocycles. The van der Waals surface area contributed by atoms with E-state index in [1.54, 1.807) is 47.4 Å². The van der Waals surface area contributed by atoms with Crippen molar-refractivity contribution in [1.29, 1.82) is 0 Å². The first-order chi connectivity index (χ1) is 15.5. The van der Waals surface area contributed by atoms with Gasteiger partial charge in [0, 0.05) is 42.1 Å². The molecule has 0 bridgehead atoms. The van der Waals surface area contributed by atoms with E-state index in [0.29, 0.717) is 42.1 Å². The highest BCUT2D eigenvalue weighted by atomic mass is 16.2. The summed E-state index contributed by atoms with van der Waals surface area (Å²) < 4.78 is 0. The first kappa shape index (κ1) is 24.9. The summed E-state index contributed by atoms with van der Waals surface area (Å²) in [6.45, 7) is 7.33. The summed E-state index contributed by atoms with van der Waals surface area (Å²) in [6.07, 6.45) is 3.46. The Morgan fingerprint density at radius 2 is 1.41 bits per heavy atom. The predicted molar refractivity (Wildman–Crippen MR) is 130 cm³/mol. The Hall–Kier alpha value is -3.35. The molecule has 3 amide bonds. The van der Waals surface area contributed by atoms with Crippen LogP contribution < -0.4 is 16.0 Å². The molecule has 2 aromatic rings. The number of anilines is 3. The van der Waals surface area contributed by atoms with Gasteiger partial charge in [0.2, 0.25) is 11.8 Å². The Bertz CT molecular complexity index is 910. The standard InChI is InChI=1S/C25H34N4O3/c1-4-7-8-15-23(30)27-21-13-10-14-22(17-21)28-24(31)18-26-20-12-9-11-19(16-20)25(32)29(5-2)6-3/h9-14,16-17,26H,4-8,15,18H2,1-3H3,(H,27,30)(H,28,31). The van der Waals surface area contributed by atoms with Crippen molar-refractivity contribution in [3.63, 3.8) is 0 Å². The number of rotatable bonds is 12. The van der Waals surface area contributed by atoms with E-state index in [9.17, 15) is 14.4 Å². The molecule has 0 radical (unpaired) electrons. The van der Waals surface area contributed by atoms with E-state index in [-0.39, 0.29) is 24.3 Å². The van der Waals surface area contributed by atoms with Crippen LogP contribution in [-0.4, -0.2) is 42.3 Å². The zero-order valence-corrected chi connectivity index (χ0v) is 19.2. The SMILES string of the molecule is CCCCCC(=O)Nc1cccc(NC(=O)CNc2cccc(C(=O)N(CC)CC)c2)c1. The van der Waals surface area contributed by atoms with Crippen molar-refractivity contribution < 1.29 is 14.4 Å². The van der Waals surface area contributed by atoms with Crippen LogP contribution in [0, 0.1) is 0 Å². The molecule has 0 aliphatic heterocycles. The molecule has 32 heavy (non-hydrogen) atoms. The van der Waals surface area contributed by atoms with Crippen molar-refractivity contribution in [2.45, 2.75) is 46.5 Å². The first-order valence-electron chi connectivity index (χ1n) is 11.3. The van der Waals surface area contributed by atoms with E-state index < -0.39 is 0 Å². The summed E-state index contributed by atoms with van der Waals surface area (Å²) >= 11 is 0. The molecule has 0 heterocycles. The third kappa shape index (κ3) is 8.06.